The lowest BCUT2D eigenvalue weighted by Crippen LogP contribution is -2.43. The van der Waals surface area contributed by atoms with E-state index in [1.54, 1.807) is 0 Å². The molecule has 1 aliphatic rings. The van der Waals surface area contributed by atoms with E-state index >= 15 is 0 Å². The first kappa shape index (κ1) is 14.0. The Labute approximate surface area is 102 Å². The van der Waals surface area contributed by atoms with Crippen LogP contribution in [0.2, 0.25) is 0 Å². The van der Waals surface area contributed by atoms with Gasteiger partial charge < -0.3 is 10.2 Å². The molecule has 1 aliphatic carbocycles. The summed E-state index contributed by atoms with van der Waals surface area (Å²) in [6.07, 6.45) is 6.90. The summed E-state index contributed by atoms with van der Waals surface area (Å²) in [6, 6.07) is 1.46. The van der Waals surface area contributed by atoms with E-state index in [1.165, 1.54) is 38.6 Å². The summed E-state index contributed by atoms with van der Waals surface area (Å²) in [6.45, 7) is 9.27. The second-order valence-electron chi connectivity index (χ2n) is 5.72. The van der Waals surface area contributed by atoms with Crippen LogP contribution in [0.5, 0.6) is 0 Å². The molecule has 96 valence electrons. The van der Waals surface area contributed by atoms with Crippen molar-refractivity contribution in [2.24, 2.45) is 5.92 Å². The first-order valence-corrected chi connectivity index (χ1v) is 7.07. The summed E-state index contributed by atoms with van der Waals surface area (Å²) in [4.78, 5) is 2.57. The standard InChI is InChI=1S/C14H30N2/c1-5-9-15-13(3)11-16(4)14-8-6-7-12(2)10-14/h12-15H,5-11H2,1-4H3. The van der Waals surface area contributed by atoms with Crippen LogP contribution in [-0.2, 0) is 0 Å². The van der Waals surface area contributed by atoms with Gasteiger partial charge in [-0.05, 0) is 45.7 Å². The third-order valence-electron chi connectivity index (χ3n) is 3.84. The van der Waals surface area contributed by atoms with Crippen molar-refractivity contribution in [1.82, 2.24) is 10.2 Å². The van der Waals surface area contributed by atoms with Crippen molar-refractivity contribution in [3.63, 3.8) is 0 Å². The molecule has 0 radical (unpaired) electrons. The molecule has 0 bridgehead atoms. The van der Waals surface area contributed by atoms with Crippen LogP contribution in [0.3, 0.4) is 0 Å². The summed E-state index contributed by atoms with van der Waals surface area (Å²) in [7, 11) is 2.30. The molecule has 0 aromatic heterocycles. The molecule has 0 aromatic carbocycles. The molecule has 0 heterocycles. The molecule has 3 unspecified atom stereocenters. The van der Waals surface area contributed by atoms with Crippen molar-refractivity contribution in [2.45, 2.75) is 65.0 Å². The minimum Gasteiger partial charge on any atom is -0.313 e. The molecule has 0 amide bonds. The van der Waals surface area contributed by atoms with E-state index in [1.807, 2.05) is 0 Å². The minimum atomic E-state index is 0.627. The molecular formula is C14H30N2. The molecule has 0 aliphatic heterocycles. The van der Waals surface area contributed by atoms with Crippen LogP contribution in [0, 0.1) is 5.92 Å². The van der Waals surface area contributed by atoms with Crippen LogP contribution in [0.15, 0.2) is 0 Å². The zero-order valence-electron chi connectivity index (χ0n) is 11.6. The molecule has 1 rings (SSSR count). The van der Waals surface area contributed by atoms with Gasteiger partial charge in [-0.1, -0.05) is 26.7 Å². The van der Waals surface area contributed by atoms with Gasteiger partial charge in [-0.25, -0.2) is 0 Å². The second-order valence-corrected chi connectivity index (χ2v) is 5.72. The van der Waals surface area contributed by atoms with Gasteiger partial charge in [0, 0.05) is 18.6 Å². The Morgan fingerprint density at radius 1 is 1.38 bits per heavy atom. The Morgan fingerprint density at radius 2 is 2.12 bits per heavy atom. The van der Waals surface area contributed by atoms with Crippen LogP contribution in [0.4, 0.5) is 0 Å². The van der Waals surface area contributed by atoms with Crippen molar-refractivity contribution in [1.29, 1.82) is 0 Å². The van der Waals surface area contributed by atoms with Gasteiger partial charge in [-0.3, -0.25) is 0 Å². The molecule has 1 fully saturated rings. The topological polar surface area (TPSA) is 15.3 Å². The Kier molecular flexibility index (Phi) is 6.37. The third kappa shape index (κ3) is 4.84. The molecule has 0 saturated heterocycles. The molecule has 0 aromatic rings. The average molecular weight is 226 g/mol. The van der Waals surface area contributed by atoms with E-state index in [2.05, 4.69) is 38.0 Å². The summed E-state index contributed by atoms with van der Waals surface area (Å²) in [5.41, 5.74) is 0. The van der Waals surface area contributed by atoms with E-state index in [0.717, 1.165) is 18.5 Å². The number of hydrogen-bond donors (Lipinski definition) is 1. The highest BCUT2D eigenvalue weighted by Gasteiger charge is 2.22. The fraction of sp³-hybridized carbons (Fsp3) is 1.00. The van der Waals surface area contributed by atoms with Gasteiger partial charge in [0.1, 0.15) is 0 Å². The molecule has 2 heteroatoms. The predicted octanol–water partition coefficient (Wildman–Crippen LogP) is 2.89. The van der Waals surface area contributed by atoms with Gasteiger partial charge in [0.2, 0.25) is 0 Å². The Morgan fingerprint density at radius 3 is 2.75 bits per heavy atom. The van der Waals surface area contributed by atoms with Crippen molar-refractivity contribution in [3.05, 3.63) is 0 Å². The molecule has 2 nitrogen and oxygen atoms in total. The fourth-order valence-electron chi connectivity index (χ4n) is 2.84. The maximum Gasteiger partial charge on any atom is 0.0166 e. The zero-order valence-corrected chi connectivity index (χ0v) is 11.6. The minimum absolute atomic E-state index is 0.627. The van der Waals surface area contributed by atoms with Crippen LogP contribution >= 0.6 is 0 Å². The lowest BCUT2D eigenvalue weighted by atomic mass is 9.86. The second kappa shape index (κ2) is 7.29. The highest BCUT2D eigenvalue weighted by molar-refractivity contribution is 4.79. The van der Waals surface area contributed by atoms with Crippen molar-refractivity contribution < 1.29 is 0 Å². The lowest BCUT2D eigenvalue weighted by Gasteiger charge is -2.35. The first-order chi connectivity index (χ1) is 7.63. The van der Waals surface area contributed by atoms with Gasteiger partial charge in [0.25, 0.3) is 0 Å². The molecule has 16 heavy (non-hydrogen) atoms. The Balaban J connectivity index is 2.24. The van der Waals surface area contributed by atoms with Gasteiger partial charge >= 0.3 is 0 Å². The number of nitrogens with one attached hydrogen (secondary N) is 1. The Hall–Kier alpha value is -0.0800. The largest absolute Gasteiger partial charge is 0.313 e. The van der Waals surface area contributed by atoms with E-state index in [4.69, 9.17) is 0 Å². The highest BCUT2D eigenvalue weighted by Crippen LogP contribution is 2.26. The number of likely N-dealkylation sites (N-methyl/N-ethyl adjacent to an activating group) is 1. The lowest BCUT2D eigenvalue weighted by molar-refractivity contribution is 0.153. The monoisotopic (exact) mass is 226 g/mol. The van der Waals surface area contributed by atoms with Gasteiger partial charge in [0.15, 0.2) is 0 Å². The first-order valence-electron chi connectivity index (χ1n) is 7.07. The average Bonchev–Trinajstić information content (AvgIpc) is 2.26. The van der Waals surface area contributed by atoms with E-state index in [-0.39, 0.29) is 0 Å². The normalized spacial score (nSPS) is 28.3. The number of rotatable bonds is 6. The quantitative estimate of drug-likeness (QED) is 0.749. The van der Waals surface area contributed by atoms with Crippen LogP contribution in [0.1, 0.15) is 52.9 Å². The highest BCUT2D eigenvalue weighted by atomic mass is 15.2. The van der Waals surface area contributed by atoms with Crippen molar-refractivity contribution in [2.75, 3.05) is 20.1 Å². The van der Waals surface area contributed by atoms with Crippen LogP contribution < -0.4 is 5.32 Å². The van der Waals surface area contributed by atoms with E-state index < -0.39 is 0 Å². The maximum atomic E-state index is 3.57. The van der Waals surface area contributed by atoms with E-state index in [0.29, 0.717) is 6.04 Å². The smallest absolute Gasteiger partial charge is 0.0166 e. The summed E-state index contributed by atoms with van der Waals surface area (Å²) in [5.74, 6) is 0.931. The zero-order chi connectivity index (χ0) is 12.0. The number of nitrogens with zero attached hydrogens (tertiary/aromatic N) is 1. The molecule has 1 N–H and O–H groups in total. The summed E-state index contributed by atoms with van der Waals surface area (Å²) < 4.78 is 0. The van der Waals surface area contributed by atoms with Gasteiger partial charge in [-0.2, -0.15) is 0 Å². The summed E-state index contributed by atoms with van der Waals surface area (Å²) >= 11 is 0. The predicted molar refractivity (Wildman–Crippen MR) is 71.8 cm³/mol. The van der Waals surface area contributed by atoms with Gasteiger partial charge in [-0.15, -0.1) is 0 Å². The van der Waals surface area contributed by atoms with Crippen LogP contribution in [-0.4, -0.2) is 37.1 Å². The molecule has 3 atom stereocenters. The summed E-state index contributed by atoms with van der Waals surface area (Å²) in [5, 5.41) is 3.57. The van der Waals surface area contributed by atoms with E-state index in [9.17, 15) is 0 Å². The number of hydrogen-bond acceptors (Lipinski definition) is 2. The molecule has 1 saturated carbocycles. The fourth-order valence-corrected chi connectivity index (χ4v) is 2.84. The van der Waals surface area contributed by atoms with Crippen molar-refractivity contribution >= 4 is 0 Å². The van der Waals surface area contributed by atoms with Crippen LogP contribution in [0.25, 0.3) is 0 Å². The van der Waals surface area contributed by atoms with Crippen molar-refractivity contribution in [3.8, 4) is 0 Å². The Bertz CT molecular complexity index is 182. The molecular weight excluding hydrogens is 196 g/mol. The third-order valence-corrected chi connectivity index (χ3v) is 3.84. The SMILES string of the molecule is CCCNC(C)CN(C)C1CCCC(C)C1. The van der Waals surface area contributed by atoms with Gasteiger partial charge in [0.05, 0.1) is 0 Å². The maximum absolute atomic E-state index is 3.57. The molecule has 0 spiro atoms.